The van der Waals surface area contributed by atoms with Crippen molar-refractivity contribution in [3.63, 3.8) is 0 Å². The van der Waals surface area contributed by atoms with Gasteiger partial charge >= 0.3 is 0 Å². The van der Waals surface area contributed by atoms with Gasteiger partial charge in [-0.15, -0.1) is 12.4 Å². The molecule has 2 atom stereocenters. The predicted octanol–water partition coefficient (Wildman–Crippen LogP) is 2.68. The largest absolute Gasteiger partial charge is 0.373 e. The molecule has 2 unspecified atom stereocenters. The number of likely N-dealkylation sites (tertiary alicyclic amines) is 1. The number of methoxy groups -OCH3 is 1. The van der Waals surface area contributed by atoms with Crippen molar-refractivity contribution >= 4 is 18.3 Å². The van der Waals surface area contributed by atoms with Crippen LogP contribution in [0.25, 0.3) is 0 Å². The molecular weight excluding hydrogens is 357 g/mol. The molecule has 0 aromatic carbocycles. The number of carbonyl (C=O) groups excluding carboxylic acids is 1. The van der Waals surface area contributed by atoms with Crippen molar-refractivity contribution in [2.24, 2.45) is 17.6 Å². The Balaban J connectivity index is 0.00000196. The topological polar surface area (TPSA) is 68.5 Å². The third-order valence-corrected chi connectivity index (χ3v) is 6.60. The molecule has 0 radical (unpaired) electrons. The Morgan fingerprint density at radius 2 is 2.00 bits per heavy atom. The Morgan fingerprint density at radius 3 is 2.54 bits per heavy atom. The predicted molar refractivity (Wildman–Crippen MR) is 99.0 cm³/mol. The van der Waals surface area contributed by atoms with Crippen LogP contribution in [0.1, 0.15) is 48.2 Å². The van der Waals surface area contributed by atoms with Crippen LogP contribution in [0, 0.1) is 11.8 Å². The van der Waals surface area contributed by atoms with Gasteiger partial charge in [0.05, 0.1) is 0 Å². The number of hydrogen-bond acceptors (Lipinski definition) is 4. The molecule has 1 aliphatic heterocycles. The molecule has 2 aliphatic carbocycles. The van der Waals surface area contributed by atoms with Gasteiger partial charge in [0.25, 0.3) is 5.91 Å². The molecule has 3 fully saturated rings. The highest BCUT2D eigenvalue weighted by atomic mass is 35.5. The number of primary amides is 1. The fraction of sp³-hybridized carbons (Fsp3) is 0.684. The first-order chi connectivity index (χ1) is 12.0. The number of carbonyl (C=O) groups is 1. The van der Waals surface area contributed by atoms with E-state index in [1.54, 1.807) is 19.4 Å². The lowest BCUT2D eigenvalue weighted by atomic mass is 9.62. The number of piperidine rings is 1. The van der Waals surface area contributed by atoms with Gasteiger partial charge in [0.15, 0.2) is 0 Å². The van der Waals surface area contributed by atoms with Crippen LogP contribution in [0.5, 0.6) is 0 Å². The van der Waals surface area contributed by atoms with Gasteiger partial charge in [-0.05, 0) is 43.4 Å². The molecule has 26 heavy (non-hydrogen) atoms. The fourth-order valence-electron chi connectivity index (χ4n) is 5.32. The number of rotatable bonds is 4. The Kier molecular flexibility index (Phi) is 5.56. The van der Waals surface area contributed by atoms with Crippen molar-refractivity contribution < 1.29 is 13.9 Å². The lowest BCUT2D eigenvalue weighted by Crippen LogP contribution is -2.62. The molecule has 3 aliphatic rings. The number of fused-ring (bicyclic) bond motifs is 2. The summed E-state index contributed by atoms with van der Waals surface area (Å²) in [5.41, 5.74) is 6.32. The molecule has 1 amide bonds. The van der Waals surface area contributed by atoms with E-state index in [2.05, 4.69) is 9.88 Å². The first-order valence-electron chi connectivity index (χ1n) is 9.24. The molecule has 1 aromatic rings. The number of pyridine rings is 1. The number of ether oxygens (including phenoxy) is 1. The van der Waals surface area contributed by atoms with Crippen LogP contribution in [0.2, 0.25) is 0 Å². The van der Waals surface area contributed by atoms with E-state index in [0.29, 0.717) is 30.7 Å². The van der Waals surface area contributed by atoms with E-state index >= 15 is 0 Å². The van der Waals surface area contributed by atoms with E-state index in [-0.39, 0.29) is 18.1 Å². The molecular formula is C19H27ClFN3O2. The first kappa shape index (κ1) is 19.5. The lowest BCUT2D eigenvalue weighted by molar-refractivity contribution is -0.180. The highest BCUT2D eigenvalue weighted by molar-refractivity contribution is 5.90. The Bertz CT molecular complexity index is 654. The highest BCUT2D eigenvalue weighted by Crippen LogP contribution is 2.52. The normalized spacial score (nSPS) is 36.7. The van der Waals surface area contributed by atoms with Crippen LogP contribution in [0.4, 0.5) is 4.39 Å². The maximum absolute atomic E-state index is 13.3. The van der Waals surface area contributed by atoms with Gasteiger partial charge in [0, 0.05) is 44.3 Å². The fourth-order valence-corrected chi connectivity index (χ4v) is 5.32. The van der Waals surface area contributed by atoms with Gasteiger partial charge in [-0.2, -0.15) is 0 Å². The smallest absolute Gasteiger partial charge is 0.267 e. The monoisotopic (exact) mass is 383 g/mol. The van der Waals surface area contributed by atoms with E-state index in [0.717, 1.165) is 31.5 Å². The van der Waals surface area contributed by atoms with Crippen molar-refractivity contribution in [2.75, 3.05) is 20.2 Å². The SMILES string of the molecule is COC1(c2ccnc(C(N)=O)c2)C2CCCC1CN(C1CC(F)C1)C2.Cl. The minimum absolute atomic E-state index is 0. The summed E-state index contributed by atoms with van der Waals surface area (Å²) in [4.78, 5) is 18.1. The second-order valence-corrected chi connectivity index (χ2v) is 7.79. The molecule has 2 N–H and O–H groups in total. The summed E-state index contributed by atoms with van der Waals surface area (Å²) in [7, 11) is 1.77. The Labute approximate surface area is 159 Å². The molecule has 7 heteroatoms. The van der Waals surface area contributed by atoms with E-state index < -0.39 is 17.7 Å². The molecule has 1 aromatic heterocycles. The van der Waals surface area contributed by atoms with E-state index in [1.807, 2.05) is 6.07 Å². The second-order valence-electron chi connectivity index (χ2n) is 7.79. The quantitative estimate of drug-likeness (QED) is 0.867. The lowest BCUT2D eigenvalue weighted by Gasteiger charge is -2.57. The van der Waals surface area contributed by atoms with Gasteiger partial charge in [-0.1, -0.05) is 6.42 Å². The summed E-state index contributed by atoms with van der Waals surface area (Å²) in [6, 6.07) is 4.14. The highest BCUT2D eigenvalue weighted by Gasteiger charge is 2.54. The van der Waals surface area contributed by atoms with Crippen molar-refractivity contribution in [3.8, 4) is 0 Å². The molecule has 4 rings (SSSR count). The zero-order chi connectivity index (χ0) is 17.6. The number of aromatic nitrogens is 1. The average molecular weight is 384 g/mol. The molecule has 5 nitrogen and oxygen atoms in total. The summed E-state index contributed by atoms with van der Waals surface area (Å²) in [6.45, 7) is 1.85. The second kappa shape index (κ2) is 7.41. The minimum Gasteiger partial charge on any atom is -0.373 e. The van der Waals surface area contributed by atoms with E-state index in [9.17, 15) is 9.18 Å². The number of hydrogen-bond donors (Lipinski definition) is 1. The number of amides is 1. The zero-order valence-electron chi connectivity index (χ0n) is 15.1. The summed E-state index contributed by atoms with van der Waals surface area (Å²) in [5.74, 6) is 0.165. The van der Waals surface area contributed by atoms with E-state index in [4.69, 9.17) is 10.5 Å². The molecule has 2 bridgehead atoms. The number of halogens is 2. The number of nitrogens with zero attached hydrogens (tertiary/aromatic N) is 2. The van der Waals surface area contributed by atoms with Gasteiger partial charge in [-0.25, -0.2) is 4.39 Å². The van der Waals surface area contributed by atoms with Crippen LogP contribution in [-0.2, 0) is 10.3 Å². The number of nitrogens with two attached hydrogens (primary N) is 1. The first-order valence-corrected chi connectivity index (χ1v) is 9.24. The van der Waals surface area contributed by atoms with Gasteiger partial charge in [0.2, 0.25) is 0 Å². The zero-order valence-corrected chi connectivity index (χ0v) is 15.9. The summed E-state index contributed by atoms with van der Waals surface area (Å²) >= 11 is 0. The molecule has 0 spiro atoms. The van der Waals surface area contributed by atoms with Gasteiger partial charge in [-0.3, -0.25) is 14.7 Å². The van der Waals surface area contributed by atoms with Crippen LogP contribution in [0.3, 0.4) is 0 Å². The van der Waals surface area contributed by atoms with Crippen LogP contribution in [-0.4, -0.2) is 48.2 Å². The third kappa shape index (κ3) is 3.02. The van der Waals surface area contributed by atoms with E-state index in [1.165, 1.54) is 6.42 Å². The van der Waals surface area contributed by atoms with Crippen molar-refractivity contribution in [2.45, 2.75) is 49.9 Å². The van der Waals surface area contributed by atoms with Crippen molar-refractivity contribution in [1.29, 1.82) is 0 Å². The molecule has 2 heterocycles. The van der Waals surface area contributed by atoms with Gasteiger partial charge < -0.3 is 10.5 Å². The van der Waals surface area contributed by atoms with Crippen molar-refractivity contribution in [3.05, 3.63) is 29.6 Å². The van der Waals surface area contributed by atoms with Crippen molar-refractivity contribution in [1.82, 2.24) is 9.88 Å². The Hall–Kier alpha value is -1.24. The standard InChI is InChI=1S/C19H26FN3O2.ClH/c1-25-19(12-5-6-22-17(7-12)18(21)24)13-3-2-4-14(19)11-23(10-13)16-8-15(20)9-16;/h5-7,13-16H,2-4,8-11H2,1H3,(H2,21,24);1H. The van der Waals surface area contributed by atoms with Crippen LogP contribution < -0.4 is 5.73 Å². The minimum atomic E-state index is -0.628. The maximum Gasteiger partial charge on any atom is 0.267 e. The van der Waals surface area contributed by atoms with Gasteiger partial charge in [0.1, 0.15) is 17.5 Å². The average Bonchev–Trinajstić information content (AvgIpc) is 2.57. The molecule has 2 saturated carbocycles. The Morgan fingerprint density at radius 1 is 1.35 bits per heavy atom. The molecule has 144 valence electrons. The third-order valence-electron chi connectivity index (χ3n) is 6.60. The maximum atomic E-state index is 13.3. The number of alkyl halides is 1. The summed E-state index contributed by atoms with van der Waals surface area (Å²) in [6.07, 6.45) is 5.72. The summed E-state index contributed by atoms with van der Waals surface area (Å²) in [5, 5.41) is 0. The molecule has 1 saturated heterocycles. The van der Waals surface area contributed by atoms with Crippen LogP contribution >= 0.6 is 12.4 Å². The summed E-state index contributed by atoms with van der Waals surface area (Å²) < 4.78 is 19.5. The van der Waals surface area contributed by atoms with Crippen LogP contribution in [0.15, 0.2) is 18.3 Å².